The summed E-state index contributed by atoms with van der Waals surface area (Å²) < 4.78 is 42.6. The van der Waals surface area contributed by atoms with Gasteiger partial charge in [0.15, 0.2) is 0 Å². The molecular weight excluding hydrogens is 285 g/mol. The van der Waals surface area contributed by atoms with E-state index in [1.54, 1.807) is 0 Å². The summed E-state index contributed by atoms with van der Waals surface area (Å²) in [6.07, 6.45) is -3.24. The van der Waals surface area contributed by atoms with Gasteiger partial charge in [-0.2, -0.15) is 13.2 Å². The van der Waals surface area contributed by atoms with Crippen molar-refractivity contribution in [1.82, 2.24) is 4.98 Å². The number of rotatable bonds is 2. The van der Waals surface area contributed by atoms with Crippen molar-refractivity contribution in [3.63, 3.8) is 0 Å². The van der Waals surface area contributed by atoms with E-state index in [2.05, 4.69) is 9.72 Å². The van der Waals surface area contributed by atoms with Crippen LogP contribution in [0.3, 0.4) is 0 Å². The van der Waals surface area contributed by atoms with Crippen molar-refractivity contribution in [2.45, 2.75) is 6.18 Å². The van der Waals surface area contributed by atoms with Gasteiger partial charge in [-0.15, -0.1) is 0 Å². The molecule has 2 N–H and O–H groups in total. The molecule has 0 saturated carbocycles. The molecule has 7 heteroatoms. The standard InChI is InChI=1S/C14H11F3N2O2/c1-21-13(20)10-6-12(19-7-11(10)18)8-3-2-4-9(5-8)14(15,16)17/h2-7H,18H2,1H3. The van der Waals surface area contributed by atoms with Gasteiger partial charge in [-0.1, -0.05) is 12.1 Å². The van der Waals surface area contributed by atoms with Gasteiger partial charge in [0.2, 0.25) is 0 Å². The highest BCUT2D eigenvalue weighted by Crippen LogP contribution is 2.32. The van der Waals surface area contributed by atoms with E-state index in [0.29, 0.717) is 0 Å². The Labute approximate surface area is 118 Å². The van der Waals surface area contributed by atoms with E-state index in [-0.39, 0.29) is 22.5 Å². The molecule has 21 heavy (non-hydrogen) atoms. The molecule has 0 unspecified atom stereocenters. The van der Waals surface area contributed by atoms with Gasteiger partial charge in [0.05, 0.1) is 35.8 Å². The monoisotopic (exact) mass is 296 g/mol. The molecule has 1 aromatic carbocycles. The van der Waals surface area contributed by atoms with Crippen molar-refractivity contribution < 1.29 is 22.7 Å². The number of aromatic nitrogens is 1. The summed E-state index contributed by atoms with van der Waals surface area (Å²) in [4.78, 5) is 15.5. The predicted molar refractivity (Wildman–Crippen MR) is 70.4 cm³/mol. The maximum atomic E-state index is 12.7. The summed E-state index contributed by atoms with van der Waals surface area (Å²) in [6.45, 7) is 0. The molecule has 0 fully saturated rings. The Bertz CT molecular complexity index is 684. The van der Waals surface area contributed by atoms with Gasteiger partial charge in [0, 0.05) is 5.56 Å². The number of methoxy groups -OCH3 is 1. The number of alkyl halides is 3. The highest BCUT2D eigenvalue weighted by molar-refractivity contribution is 5.95. The fourth-order valence-electron chi connectivity index (χ4n) is 1.77. The number of esters is 1. The first-order chi connectivity index (χ1) is 9.82. The van der Waals surface area contributed by atoms with Crippen LogP contribution in [0, 0.1) is 0 Å². The van der Waals surface area contributed by atoms with Gasteiger partial charge >= 0.3 is 12.1 Å². The van der Waals surface area contributed by atoms with Gasteiger partial charge in [-0.05, 0) is 18.2 Å². The second kappa shape index (κ2) is 5.43. The molecule has 0 atom stereocenters. The summed E-state index contributed by atoms with van der Waals surface area (Å²) in [5.41, 5.74) is 5.39. The van der Waals surface area contributed by atoms with Gasteiger partial charge in [0.1, 0.15) is 0 Å². The van der Waals surface area contributed by atoms with E-state index in [1.165, 1.54) is 31.5 Å². The zero-order valence-corrected chi connectivity index (χ0v) is 10.9. The Balaban J connectivity index is 2.50. The zero-order valence-electron chi connectivity index (χ0n) is 10.9. The topological polar surface area (TPSA) is 65.2 Å². The first-order valence-electron chi connectivity index (χ1n) is 5.84. The highest BCUT2D eigenvalue weighted by atomic mass is 19.4. The smallest absolute Gasteiger partial charge is 0.416 e. The summed E-state index contributed by atoms with van der Waals surface area (Å²) in [7, 11) is 1.19. The van der Waals surface area contributed by atoms with Gasteiger partial charge in [-0.3, -0.25) is 4.98 Å². The number of halogens is 3. The van der Waals surface area contributed by atoms with Gasteiger partial charge < -0.3 is 10.5 Å². The number of pyridine rings is 1. The number of carbonyl (C=O) groups is 1. The number of carbonyl (C=O) groups excluding carboxylic acids is 1. The van der Waals surface area contributed by atoms with Crippen LogP contribution in [0.4, 0.5) is 18.9 Å². The van der Waals surface area contributed by atoms with E-state index >= 15 is 0 Å². The lowest BCUT2D eigenvalue weighted by Gasteiger charge is -2.10. The van der Waals surface area contributed by atoms with E-state index in [4.69, 9.17) is 5.73 Å². The number of nitrogens with two attached hydrogens (primary N) is 1. The number of nitrogens with zero attached hydrogens (tertiary/aromatic N) is 1. The lowest BCUT2D eigenvalue weighted by atomic mass is 10.1. The Morgan fingerprint density at radius 1 is 1.29 bits per heavy atom. The average molecular weight is 296 g/mol. The van der Waals surface area contributed by atoms with Crippen LogP contribution in [0.25, 0.3) is 11.3 Å². The number of hydrogen-bond acceptors (Lipinski definition) is 4. The maximum absolute atomic E-state index is 12.7. The van der Waals surface area contributed by atoms with Crippen LogP contribution < -0.4 is 5.73 Å². The van der Waals surface area contributed by atoms with E-state index in [0.717, 1.165) is 12.1 Å². The van der Waals surface area contributed by atoms with Crippen LogP contribution in [0.15, 0.2) is 36.5 Å². The Morgan fingerprint density at radius 3 is 2.62 bits per heavy atom. The molecule has 0 amide bonds. The summed E-state index contributed by atoms with van der Waals surface area (Å²) in [5.74, 6) is -0.678. The van der Waals surface area contributed by atoms with E-state index < -0.39 is 17.7 Å². The summed E-state index contributed by atoms with van der Waals surface area (Å²) in [5, 5.41) is 0. The lowest BCUT2D eigenvalue weighted by molar-refractivity contribution is -0.137. The number of benzene rings is 1. The van der Waals surface area contributed by atoms with Crippen molar-refractivity contribution in [2.75, 3.05) is 12.8 Å². The number of ether oxygens (including phenoxy) is 1. The van der Waals surface area contributed by atoms with Crippen LogP contribution >= 0.6 is 0 Å². The molecule has 110 valence electrons. The second-order valence-corrected chi connectivity index (χ2v) is 4.23. The van der Waals surface area contributed by atoms with Crippen molar-refractivity contribution >= 4 is 11.7 Å². The first-order valence-corrected chi connectivity index (χ1v) is 5.84. The Kier molecular flexibility index (Phi) is 3.84. The van der Waals surface area contributed by atoms with Crippen LogP contribution in [0.5, 0.6) is 0 Å². The minimum absolute atomic E-state index is 0.0555. The fraction of sp³-hybridized carbons (Fsp3) is 0.143. The third-order valence-corrected chi connectivity index (χ3v) is 2.83. The quantitative estimate of drug-likeness (QED) is 0.865. The largest absolute Gasteiger partial charge is 0.465 e. The zero-order chi connectivity index (χ0) is 15.6. The minimum Gasteiger partial charge on any atom is -0.465 e. The number of anilines is 1. The fourth-order valence-corrected chi connectivity index (χ4v) is 1.77. The van der Waals surface area contributed by atoms with Gasteiger partial charge in [0.25, 0.3) is 0 Å². The molecular formula is C14H11F3N2O2. The summed E-state index contributed by atoms with van der Waals surface area (Å²) >= 11 is 0. The Morgan fingerprint density at radius 2 is 2.00 bits per heavy atom. The van der Waals surface area contributed by atoms with Crippen molar-refractivity contribution in [3.05, 3.63) is 47.7 Å². The van der Waals surface area contributed by atoms with Crippen LogP contribution in [-0.4, -0.2) is 18.1 Å². The van der Waals surface area contributed by atoms with Crippen LogP contribution in [-0.2, 0) is 10.9 Å². The molecule has 2 aromatic rings. The van der Waals surface area contributed by atoms with E-state index in [1.807, 2.05) is 0 Å². The third-order valence-electron chi connectivity index (χ3n) is 2.83. The summed E-state index contributed by atoms with van der Waals surface area (Å²) in [6, 6.07) is 5.96. The van der Waals surface area contributed by atoms with Crippen molar-refractivity contribution in [2.24, 2.45) is 0 Å². The molecule has 0 radical (unpaired) electrons. The molecule has 0 aliphatic heterocycles. The highest BCUT2D eigenvalue weighted by Gasteiger charge is 2.30. The SMILES string of the molecule is COC(=O)c1cc(-c2cccc(C(F)(F)F)c2)ncc1N. The average Bonchev–Trinajstić information content (AvgIpc) is 2.46. The molecule has 0 saturated heterocycles. The van der Waals surface area contributed by atoms with Crippen LogP contribution in [0.1, 0.15) is 15.9 Å². The normalized spacial score (nSPS) is 11.2. The molecule has 4 nitrogen and oxygen atoms in total. The number of hydrogen-bond donors (Lipinski definition) is 1. The molecule has 0 bridgehead atoms. The second-order valence-electron chi connectivity index (χ2n) is 4.23. The molecule has 0 aliphatic carbocycles. The molecule has 2 rings (SSSR count). The molecule has 0 aliphatic rings. The maximum Gasteiger partial charge on any atom is 0.416 e. The minimum atomic E-state index is -4.45. The first kappa shape index (κ1) is 14.8. The van der Waals surface area contributed by atoms with Crippen LogP contribution in [0.2, 0.25) is 0 Å². The third kappa shape index (κ3) is 3.13. The number of nitrogen functional groups attached to an aromatic ring is 1. The Hall–Kier alpha value is -2.57. The van der Waals surface area contributed by atoms with Crippen molar-refractivity contribution in [3.8, 4) is 11.3 Å². The van der Waals surface area contributed by atoms with Gasteiger partial charge in [-0.25, -0.2) is 4.79 Å². The molecule has 0 spiro atoms. The lowest BCUT2D eigenvalue weighted by Crippen LogP contribution is -2.07. The van der Waals surface area contributed by atoms with E-state index in [9.17, 15) is 18.0 Å². The molecule has 1 aromatic heterocycles. The van der Waals surface area contributed by atoms with Crippen molar-refractivity contribution in [1.29, 1.82) is 0 Å². The predicted octanol–water partition coefficient (Wildman–Crippen LogP) is 3.14. The molecule has 1 heterocycles.